The highest BCUT2D eigenvalue weighted by molar-refractivity contribution is 5.86. The maximum absolute atomic E-state index is 11.6. The molecule has 1 unspecified atom stereocenters. The lowest BCUT2D eigenvalue weighted by molar-refractivity contribution is -0.127. The van der Waals surface area contributed by atoms with Crippen LogP contribution in [0, 0.1) is 0 Å². The van der Waals surface area contributed by atoms with Crippen LogP contribution < -0.4 is 10.6 Å². The van der Waals surface area contributed by atoms with Gasteiger partial charge in [0.2, 0.25) is 11.8 Å². The van der Waals surface area contributed by atoms with Gasteiger partial charge in [-0.1, -0.05) is 6.07 Å². The molecule has 0 aliphatic rings. The average Bonchev–Trinajstić information content (AvgIpc) is 2.37. The van der Waals surface area contributed by atoms with Crippen molar-refractivity contribution >= 4 is 11.8 Å². The quantitative estimate of drug-likeness (QED) is 0.778. The summed E-state index contributed by atoms with van der Waals surface area (Å²) in [6.45, 7) is 1.41. The lowest BCUT2D eigenvalue weighted by atomic mass is 10.1. The average molecular weight is 249 g/mol. The number of nitrogens with zero attached hydrogens (tertiary/aromatic N) is 1. The van der Waals surface area contributed by atoms with Crippen molar-refractivity contribution in [1.82, 2.24) is 15.6 Å². The minimum absolute atomic E-state index is 0.156. The zero-order chi connectivity index (χ0) is 13.4. The number of rotatable bonds is 6. The smallest absolute Gasteiger partial charge is 0.242 e. The first kappa shape index (κ1) is 14.2. The third kappa shape index (κ3) is 4.95. The van der Waals surface area contributed by atoms with E-state index in [4.69, 9.17) is 0 Å². The second kappa shape index (κ2) is 7.42. The van der Waals surface area contributed by atoms with Gasteiger partial charge >= 0.3 is 0 Å². The van der Waals surface area contributed by atoms with Crippen molar-refractivity contribution in [2.45, 2.75) is 32.2 Å². The maximum Gasteiger partial charge on any atom is 0.242 e. The van der Waals surface area contributed by atoms with Gasteiger partial charge in [-0.05, 0) is 30.9 Å². The number of hydrogen-bond donors (Lipinski definition) is 2. The minimum atomic E-state index is -0.454. The maximum atomic E-state index is 11.6. The molecule has 0 aromatic carbocycles. The molecule has 1 aromatic heterocycles. The predicted octanol–water partition coefficient (Wildman–Crippen LogP) is 0.655. The van der Waals surface area contributed by atoms with Crippen LogP contribution in [0.4, 0.5) is 0 Å². The van der Waals surface area contributed by atoms with Gasteiger partial charge in [0.05, 0.1) is 0 Å². The van der Waals surface area contributed by atoms with Crippen molar-refractivity contribution in [3.05, 3.63) is 30.1 Å². The van der Waals surface area contributed by atoms with Gasteiger partial charge in [0.15, 0.2) is 0 Å². The molecule has 5 heteroatoms. The summed E-state index contributed by atoms with van der Waals surface area (Å²) in [5.41, 5.74) is 1.14. The predicted molar refractivity (Wildman–Crippen MR) is 68.8 cm³/mol. The normalized spacial score (nSPS) is 11.7. The van der Waals surface area contributed by atoms with Crippen LogP contribution >= 0.6 is 0 Å². The van der Waals surface area contributed by atoms with E-state index >= 15 is 0 Å². The van der Waals surface area contributed by atoms with E-state index in [1.165, 1.54) is 6.92 Å². The number of pyridine rings is 1. The van der Waals surface area contributed by atoms with E-state index in [1.807, 2.05) is 18.3 Å². The van der Waals surface area contributed by atoms with Crippen molar-refractivity contribution in [1.29, 1.82) is 0 Å². The van der Waals surface area contributed by atoms with Crippen LogP contribution in [0.15, 0.2) is 24.5 Å². The molecular formula is C13H19N3O2. The SMILES string of the molecule is CNC(=O)C(CCCc1cccnc1)NC(C)=O. The summed E-state index contributed by atoms with van der Waals surface area (Å²) in [7, 11) is 1.57. The first-order valence-electron chi connectivity index (χ1n) is 6.01. The summed E-state index contributed by atoms with van der Waals surface area (Å²) < 4.78 is 0. The highest BCUT2D eigenvalue weighted by Crippen LogP contribution is 2.05. The van der Waals surface area contributed by atoms with Gasteiger partial charge in [-0.15, -0.1) is 0 Å². The molecule has 0 aliphatic heterocycles. The summed E-state index contributed by atoms with van der Waals surface area (Å²) in [4.78, 5) is 26.6. The molecule has 5 nitrogen and oxygen atoms in total. The van der Waals surface area contributed by atoms with Crippen molar-refractivity contribution in [3.63, 3.8) is 0 Å². The highest BCUT2D eigenvalue weighted by atomic mass is 16.2. The zero-order valence-corrected chi connectivity index (χ0v) is 10.8. The number of hydrogen-bond acceptors (Lipinski definition) is 3. The van der Waals surface area contributed by atoms with E-state index in [-0.39, 0.29) is 11.8 Å². The van der Waals surface area contributed by atoms with E-state index in [0.717, 1.165) is 18.4 Å². The van der Waals surface area contributed by atoms with E-state index in [1.54, 1.807) is 13.2 Å². The van der Waals surface area contributed by atoms with E-state index in [2.05, 4.69) is 15.6 Å². The van der Waals surface area contributed by atoms with Crippen molar-refractivity contribution in [3.8, 4) is 0 Å². The van der Waals surface area contributed by atoms with Crippen LogP contribution in [0.25, 0.3) is 0 Å². The van der Waals surface area contributed by atoms with Crippen LogP contribution in [-0.2, 0) is 16.0 Å². The van der Waals surface area contributed by atoms with Gasteiger partial charge in [-0.3, -0.25) is 14.6 Å². The Hall–Kier alpha value is -1.91. The van der Waals surface area contributed by atoms with Crippen LogP contribution in [0.1, 0.15) is 25.3 Å². The van der Waals surface area contributed by atoms with Crippen LogP contribution in [0.3, 0.4) is 0 Å². The fourth-order valence-electron chi connectivity index (χ4n) is 1.74. The molecule has 18 heavy (non-hydrogen) atoms. The number of likely N-dealkylation sites (N-methyl/N-ethyl adjacent to an activating group) is 1. The molecule has 98 valence electrons. The Morgan fingerprint density at radius 2 is 2.22 bits per heavy atom. The summed E-state index contributed by atoms with van der Waals surface area (Å²) in [6.07, 6.45) is 5.83. The Labute approximate surface area is 107 Å². The van der Waals surface area contributed by atoms with E-state index in [9.17, 15) is 9.59 Å². The first-order valence-corrected chi connectivity index (χ1v) is 6.01. The Kier molecular flexibility index (Phi) is 5.84. The first-order chi connectivity index (χ1) is 8.63. The molecule has 2 amide bonds. The zero-order valence-electron chi connectivity index (χ0n) is 10.8. The second-order valence-electron chi connectivity index (χ2n) is 4.12. The summed E-state index contributed by atoms with van der Waals surface area (Å²) in [6, 6.07) is 3.43. The molecule has 0 saturated carbocycles. The third-order valence-corrected chi connectivity index (χ3v) is 2.62. The van der Waals surface area contributed by atoms with Gasteiger partial charge < -0.3 is 10.6 Å². The number of aryl methyl sites for hydroxylation is 1. The third-order valence-electron chi connectivity index (χ3n) is 2.62. The minimum Gasteiger partial charge on any atom is -0.357 e. The molecule has 0 bridgehead atoms. The topological polar surface area (TPSA) is 71.1 Å². The van der Waals surface area contributed by atoms with Gasteiger partial charge in [0.1, 0.15) is 6.04 Å². The fraction of sp³-hybridized carbons (Fsp3) is 0.462. The molecule has 1 atom stereocenters. The number of nitrogens with one attached hydrogen (secondary N) is 2. The molecular weight excluding hydrogens is 230 g/mol. The largest absolute Gasteiger partial charge is 0.357 e. The van der Waals surface area contributed by atoms with Gasteiger partial charge in [-0.25, -0.2) is 0 Å². The summed E-state index contributed by atoms with van der Waals surface area (Å²) >= 11 is 0. The van der Waals surface area contributed by atoms with Crippen LogP contribution in [-0.4, -0.2) is 29.9 Å². The van der Waals surface area contributed by atoms with Crippen LogP contribution in [0.2, 0.25) is 0 Å². The molecule has 0 aliphatic carbocycles. The van der Waals surface area contributed by atoms with Gasteiger partial charge in [0.25, 0.3) is 0 Å². The lowest BCUT2D eigenvalue weighted by Gasteiger charge is -2.15. The number of carbonyl (C=O) groups excluding carboxylic acids is 2. The Bertz CT molecular complexity index is 392. The second-order valence-corrected chi connectivity index (χ2v) is 4.12. The Morgan fingerprint density at radius 3 is 2.78 bits per heavy atom. The van der Waals surface area contributed by atoms with Crippen molar-refractivity contribution < 1.29 is 9.59 Å². The van der Waals surface area contributed by atoms with E-state index < -0.39 is 6.04 Å². The van der Waals surface area contributed by atoms with Gasteiger partial charge in [0, 0.05) is 26.4 Å². The molecule has 0 spiro atoms. The Balaban J connectivity index is 2.42. The van der Waals surface area contributed by atoms with Gasteiger partial charge in [-0.2, -0.15) is 0 Å². The molecule has 1 rings (SSSR count). The monoisotopic (exact) mass is 249 g/mol. The molecule has 1 aromatic rings. The summed E-state index contributed by atoms with van der Waals surface area (Å²) in [5, 5.41) is 5.20. The van der Waals surface area contributed by atoms with Crippen molar-refractivity contribution in [2.24, 2.45) is 0 Å². The number of amides is 2. The van der Waals surface area contributed by atoms with Crippen molar-refractivity contribution in [2.75, 3.05) is 7.05 Å². The molecule has 2 N–H and O–H groups in total. The molecule has 0 fully saturated rings. The molecule has 0 radical (unpaired) electrons. The number of carbonyl (C=O) groups is 2. The number of aromatic nitrogens is 1. The Morgan fingerprint density at radius 1 is 1.44 bits per heavy atom. The molecule has 1 heterocycles. The lowest BCUT2D eigenvalue weighted by Crippen LogP contribution is -2.44. The summed E-state index contributed by atoms with van der Waals surface area (Å²) in [5.74, 6) is -0.346. The molecule has 0 saturated heterocycles. The van der Waals surface area contributed by atoms with Crippen LogP contribution in [0.5, 0.6) is 0 Å². The van der Waals surface area contributed by atoms with E-state index in [0.29, 0.717) is 6.42 Å². The fourth-order valence-corrected chi connectivity index (χ4v) is 1.74. The highest BCUT2D eigenvalue weighted by Gasteiger charge is 2.17. The standard InChI is InChI=1S/C13H19N3O2/c1-10(17)16-12(13(18)14-2)7-3-5-11-6-4-8-15-9-11/h4,6,8-9,12H,3,5,7H2,1-2H3,(H,14,18)(H,16,17).